The molecule has 0 saturated heterocycles. The van der Waals surface area contributed by atoms with E-state index in [1.807, 2.05) is 0 Å². The standard InChI is InChI=1S/C11H10ClNO3/c12-9-5-3-6-10(16-11(13)15)8(9)4-1-2-7-14/h3,5-6,14H,4,7H2,(H2,13,15). The highest BCUT2D eigenvalue weighted by atomic mass is 35.5. The molecule has 0 unspecified atom stereocenters. The zero-order chi connectivity index (χ0) is 12.0. The van der Waals surface area contributed by atoms with Crippen LogP contribution < -0.4 is 10.5 Å². The number of carbonyl (C=O) groups excluding carboxylic acids is 1. The topological polar surface area (TPSA) is 72.6 Å². The predicted molar refractivity (Wildman–Crippen MR) is 60.2 cm³/mol. The van der Waals surface area contributed by atoms with Crippen molar-refractivity contribution < 1.29 is 14.6 Å². The molecule has 1 rings (SSSR count). The molecule has 0 spiro atoms. The Morgan fingerprint density at radius 1 is 1.50 bits per heavy atom. The van der Waals surface area contributed by atoms with Gasteiger partial charge in [0.05, 0.1) is 0 Å². The van der Waals surface area contributed by atoms with Gasteiger partial charge in [0.25, 0.3) is 0 Å². The molecule has 1 aromatic carbocycles. The molecule has 0 saturated carbocycles. The Balaban J connectivity index is 2.98. The molecular formula is C11H10ClNO3. The van der Waals surface area contributed by atoms with E-state index in [9.17, 15) is 4.79 Å². The number of halogens is 1. The summed E-state index contributed by atoms with van der Waals surface area (Å²) in [5.74, 6) is 5.45. The molecule has 0 fully saturated rings. The Bertz CT molecular complexity index is 448. The highest BCUT2D eigenvalue weighted by Gasteiger charge is 2.09. The van der Waals surface area contributed by atoms with Gasteiger partial charge in [-0.3, -0.25) is 0 Å². The third kappa shape index (κ3) is 3.46. The Kier molecular flexibility index (Phi) is 4.65. The number of hydrogen-bond donors (Lipinski definition) is 2. The summed E-state index contributed by atoms with van der Waals surface area (Å²) >= 11 is 5.93. The first-order valence-corrected chi connectivity index (χ1v) is 4.84. The van der Waals surface area contributed by atoms with E-state index >= 15 is 0 Å². The van der Waals surface area contributed by atoms with E-state index in [1.165, 1.54) is 0 Å². The number of amides is 1. The molecule has 0 atom stereocenters. The molecule has 4 nitrogen and oxygen atoms in total. The minimum atomic E-state index is -0.904. The van der Waals surface area contributed by atoms with Crippen LogP contribution >= 0.6 is 11.6 Å². The van der Waals surface area contributed by atoms with Crippen molar-refractivity contribution in [1.82, 2.24) is 0 Å². The van der Waals surface area contributed by atoms with Crippen LogP contribution in [0.1, 0.15) is 5.56 Å². The second-order valence-corrected chi connectivity index (χ2v) is 3.23. The summed E-state index contributed by atoms with van der Waals surface area (Å²) in [4.78, 5) is 10.6. The maximum absolute atomic E-state index is 10.6. The van der Waals surface area contributed by atoms with Gasteiger partial charge in [-0.25, -0.2) is 4.79 Å². The van der Waals surface area contributed by atoms with Gasteiger partial charge in [-0.05, 0) is 12.1 Å². The summed E-state index contributed by atoms with van der Waals surface area (Å²) in [5, 5.41) is 8.95. The number of aliphatic hydroxyl groups is 1. The highest BCUT2D eigenvalue weighted by molar-refractivity contribution is 6.31. The maximum atomic E-state index is 10.6. The summed E-state index contributed by atoms with van der Waals surface area (Å²) in [6, 6.07) is 4.88. The van der Waals surface area contributed by atoms with Crippen LogP contribution in [0.25, 0.3) is 0 Å². The van der Waals surface area contributed by atoms with Gasteiger partial charge in [0.1, 0.15) is 12.4 Å². The van der Waals surface area contributed by atoms with Gasteiger partial charge in [0, 0.05) is 17.0 Å². The first-order chi connectivity index (χ1) is 7.65. The number of hydrogen-bond acceptors (Lipinski definition) is 3. The molecule has 0 aliphatic carbocycles. The van der Waals surface area contributed by atoms with E-state index in [2.05, 4.69) is 11.8 Å². The largest absolute Gasteiger partial charge is 0.410 e. The quantitative estimate of drug-likeness (QED) is 0.765. The van der Waals surface area contributed by atoms with Crippen molar-refractivity contribution in [2.45, 2.75) is 6.42 Å². The van der Waals surface area contributed by atoms with Crippen LogP contribution in [0.15, 0.2) is 18.2 Å². The van der Waals surface area contributed by atoms with Crippen molar-refractivity contribution in [3.8, 4) is 17.6 Å². The summed E-state index contributed by atoms with van der Waals surface area (Å²) in [7, 11) is 0. The minimum Gasteiger partial charge on any atom is -0.410 e. The molecular weight excluding hydrogens is 230 g/mol. The lowest BCUT2D eigenvalue weighted by molar-refractivity contribution is 0.210. The van der Waals surface area contributed by atoms with Gasteiger partial charge < -0.3 is 15.6 Å². The first kappa shape index (κ1) is 12.4. The molecule has 0 bridgehead atoms. The number of ether oxygens (including phenoxy) is 1. The van der Waals surface area contributed by atoms with Gasteiger partial charge in [0.2, 0.25) is 0 Å². The molecule has 0 aromatic heterocycles. The average Bonchev–Trinajstić information content (AvgIpc) is 2.21. The number of nitrogens with two attached hydrogens (primary N) is 1. The van der Waals surface area contributed by atoms with Crippen LogP contribution in [-0.4, -0.2) is 17.8 Å². The predicted octanol–water partition coefficient (Wildman–Crippen LogP) is 1.34. The summed E-state index contributed by atoms with van der Waals surface area (Å²) < 4.78 is 4.78. The fourth-order valence-electron chi connectivity index (χ4n) is 1.12. The number of benzene rings is 1. The van der Waals surface area contributed by atoms with Gasteiger partial charge in [-0.15, -0.1) is 0 Å². The zero-order valence-corrected chi connectivity index (χ0v) is 9.12. The molecule has 84 valence electrons. The van der Waals surface area contributed by atoms with E-state index in [-0.39, 0.29) is 18.8 Å². The molecule has 0 aliphatic rings. The van der Waals surface area contributed by atoms with E-state index in [1.54, 1.807) is 18.2 Å². The summed E-state index contributed by atoms with van der Waals surface area (Å²) in [5.41, 5.74) is 5.49. The Morgan fingerprint density at radius 3 is 2.88 bits per heavy atom. The number of rotatable bonds is 2. The molecule has 0 heterocycles. The zero-order valence-electron chi connectivity index (χ0n) is 8.37. The van der Waals surface area contributed by atoms with Crippen LogP contribution in [-0.2, 0) is 6.42 Å². The van der Waals surface area contributed by atoms with Gasteiger partial charge >= 0.3 is 6.09 Å². The minimum absolute atomic E-state index is 0.226. The molecule has 0 aliphatic heterocycles. The molecule has 0 radical (unpaired) electrons. The normalized spacial score (nSPS) is 9.12. The highest BCUT2D eigenvalue weighted by Crippen LogP contribution is 2.26. The second kappa shape index (κ2) is 6.01. The smallest absolute Gasteiger partial charge is 0.409 e. The lowest BCUT2D eigenvalue weighted by Crippen LogP contribution is -2.17. The van der Waals surface area contributed by atoms with Gasteiger partial charge in [-0.1, -0.05) is 29.5 Å². The van der Waals surface area contributed by atoms with E-state index in [0.717, 1.165) is 0 Å². The third-order valence-electron chi connectivity index (χ3n) is 1.76. The molecule has 1 aromatic rings. The van der Waals surface area contributed by atoms with E-state index in [0.29, 0.717) is 10.6 Å². The Labute approximate surface area is 98.0 Å². The molecule has 16 heavy (non-hydrogen) atoms. The molecule has 5 heteroatoms. The van der Waals surface area contributed by atoms with Crippen LogP contribution in [0.2, 0.25) is 5.02 Å². The van der Waals surface area contributed by atoms with Crippen molar-refractivity contribution in [3.05, 3.63) is 28.8 Å². The van der Waals surface area contributed by atoms with Crippen LogP contribution in [0, 0.1) is 11.8 Å². The fourth-order valence-corrected chi connectivity index (χ4v) is 1.35. The molecule has 3 N–H and O–H groups in total. The monoisotopic (exact) mass is 239 g/mol. The lowest BCUT2D eigenvalue weighted by atomic mass is 10.1. The van der Waals surface area contributed by atoms with Crippen molar-refractivity contribution in [2.24, 2.45) is 5.73 Å². The first-order valence-electron chi connectivity index (χ1n) is 4.46. The number of aliphatic hydroxyl groups excluding tert-OH is 1. The van der Waals surface area contributed by atoms with E-state index in [4.69, 9.17) is 27.2 Å². The van der Waals surface area contributed by atoms with Crippen molar-refractivity contribution >= 4 is 17.7 Å². The Morgan fingerprint density at radius 2 is 2.25 bits per heavy atom. The van der Waals surface area contributed by atoms with Gasteiger partial charge in [-0.2, -0.15) is 0 Å². The summed E-state index contributed by atoms with van der Waals surface area (Å²) in [6.45, 7) is -0.226. The van der Waals surface area contributed by atoms with E-state index < -0.39 is 6.09 Å². The SMILES string of the molecule is NC(=O)Oc1cccc(Cl)c1CC#CCO. The van der Waals surface area contributed by atoms with Crippen LogP contribution in [0.5, 0.6) is 5.75 Å². The van der Waals surface area contributed by atoms with Crippen LogP contribution in [0.4, 0.5) is 4.79 Å². The second-order valence-electron chi connectivity index (χ2n) is 2.83. The maximum Gasteiger partial charge on any atom is 0.409 e. The van der Waals surface area contributed by atoms with Gasteiger partial charge in [0.15, 0.2) is 0 Å². The molecule has 1 amide bonds. The fraction of sp³-hybridized carbons (Fsp3) is 0.182. The third-order valence-corrected chi connectivity index (χ3v) is 2.11. The van der Waals surface area contributed by atoms with Crippen LogP contribution in [0.3, 0.4) is 0 Å². The number of primary amides is 1. The Hall–Kier alpha value is -1.70. The lowest BCUT2D eigenvalue weighted by Gasteiger charge is -2.07. The van der Waals surface area contributed by atoms with Crippen molar-refractivity contribution in [1.29, 1.82) is 0 Å². The summed E-state index contributed by atoms with van der Waals surface area (Å²) in [6.07, 6.45) is -0.623. The van der Waals surface area contributed by atoms with Crippen molar-refractivity contribution in [3.63, 3.8) is 0 Å². The van der Waals surface area contributed by atoms with Crippen molar-refractivity contribution in [2.75, 3.05) is 6.61 Å². The number of carbonyl (C=O) groups is 1. The average molecular weight is 240 g/mol.